The van der Waals surface area contributed by atoms with Crippen LogP contribution in [0.25, 0.3) is 0 Å². The summed E-state index contributed by atoms with van der Waals surface area (Å²) < 4.78 is 69.1. The van der Waals surface area contributed by atoms with Crippen molar-refractivity contribution in [2.45, 2.75) is 17.5 Å². The number of rotatable bonds is 5. The van der Waals surface area contributed by atoms with Gasteiger partial charge in [0.2, 0.25) is 0 Å². The lowest BCUT2D eigenvalue weighted by Crippen LogP contribution is -2.39. The van der Waals surface area contributed by atoms with Gasteiger partial charge in [0.05, 0.1) is 28.8 Å². The van der Waals surface area contributed by atoms with Crippen LogP contribution in [-0.4, -0.2) is 66.6 Å². The molecule has 0 aliphatic carbocycles. The van der Waals surface area contributed by atoms with Crippen molar-refractivity contribution in [2.24, 2.45) is 4.99 Å². The van der Waals surface area contributed by atoms with Crippen LogP contribution in [0.3, 0.4) is 0 Å². The van der Waals surface area contributed by atoms with Gasteiger partial charge in [0.15, 0.2) is 15.0 Å². The number of hydrogen-bond acceptors (Lipinski definition) is 6. The maximum absolute atomic E-state index is 13.5. The number of alkyl halides is 3. The first-order valence-electron chi connectivity index (χ1n) is 8.21. The fourth-order valence-electron chi connectivity index (χ4n) is 3.13. The number of thioether (sulfide) groups is 1. The van der Waals surface area contributed by atoms with Crippen LogP contribution in [0, 0.1) is 0 Å². The molecule has 1 aromatic carbocycles. The lowest BCUT2D eigenvalue weighted by molar-refractivity contribution is -0.143. The van der Waals surface area contributed by atoms with Gasteiger partial charge in [-0.2, -0.15) is 18.2 Å². The standard InChI is InChI=1S/C16H15F3N2O6S2/c17-16(18,19)9-3-1-2-4-10(9)21-11-7-29(25,26)8-12(11)28-15(21)20-13(22)5-27-6-14(23)24/h1-4,11-12H,5-8H2,(H,23,24)/t11-,12-/m0/s1. The monoisotopic (exact) mass is 452 g/mol. The molecule has 0 aromatic heterocycles. The van der Waals surface area contributed by atoms with Crippen molar-refractivity contribution in [3.8, 4) is 0 Å². The number of benzene rings is 1. The van der Waals surface area contributed by atoms with E-state index in [1.54, 1.807) is 0 Å². The highest BCUT2D eigenvalue weighted by molar-refractivity contribution is 8.16. The summed E-state index contributed by atoms with van der Waals surface area (Å²) in [5.41, 5.74) is -1.28. The van der Waals surface area contributed by atoms with Crippen molar-refractivity contribution < 1.29 is 41.0 Å². The van der Waals surface area contributed by atoms with Crippen molar-refractivity contribution in [1.82, 2.24) is 0 Å². The van der Waals surface area contributed by atoms with E-state index in [9.17, 15) is 31.2 Å². The van der Waals surface area contributed by atoms with E-state index in [2.05, 4.69) is 9.73 Å². The van der Waals surface area contributed by atoms with Gasteiger partial charge in [-0.3, -0.25) is 4.79 Å². The average Bonchev–Trinajstić information content (AvgIpc) is 3.04. The minimum absolute atomic E-state index is 0.0736. The fourth-order valence-corrected chi connectivity index (χ4v) is 7.06. The Labute approximate surface area is 167 Å². The van der Waals surface area contributed by atoms with Gasteiger partial charge in [0.25, 0.3) is 5.91 Å². The van der Waals surface area contributed by atoms with Gasteiger partial charge in [0.1, 0.15) is 13.2 Å². The molecule has 3 rings (SSSR count). The maximum Gasteiger partial charge on any atom is 0.418 e. The Morgan fingerprint density at radius 3 is 2.59 bits per heavy atom. The molecule has 29 heavy (non-hydrogen) atoms. The first-order chi connectivity index (χ1) is 13.5. The van der Waals surface area contributed by atoms with E-state index in [4.69, 9.17) is 5.11 Å². The summed E-state index contributed by atoms with van der Waals surface area (Å²) in [6.07, 6.45) is -4.70. The van der Waals surface area contributed by atoms with Crippen molar-refractivity contribution in [3.05, 3.63) is 29.8 Å². The number of nitrogens with zero attached hydrogens (tertiary/aromatic N) is 2. The van der Waals surface area contributed by atoms with Gasteiger partial charge in [-0.05, 0) is 12.1 Å². The molecule has 0 spiro atoms. The predicted octanol–water partition coefficient (Wildman–Crippen LogP) is 1.41. The first kappa shape index (κ1) is 21.6. The van der Waals surface area contributed by atoms with Gasteiger partial charge in [0, 0.05) is 5.25 Å². The first-order valence-corrected chi connectivity index (χ1v) is 10.9. The second kappa shape index (κ2) is 7.95. The number of anilines is 1. The number of aliphatic imine (C=N–C) groups is 1. The van der Waals surface area contributed by atoms with Crippen LogP contribution < -0.4 is 4.90 Å². The zero-order chi connectivity index (χ0) is 21.4. The number of carboxylic acids is 1. The number of hydrogen-bond donors (Lipinski definition) is 1. The lowest BCUT2D eigenvalue weighted by atomic mass is 10.1. The van der Waals surface area contributed by atoms with E-state index >= 15 is 0 Å². The number of halogens is 3. The van der Waals surface area contributed by atoms with Crippen LogP contribution in [0.1, 0.15) is 5.56 Å². The molecule has 0 saturated carbocycles. The highest BCUT2D eigenvalue weighted by Gasteiger charge is 2.51. The van der Waals surface area contributed by atoms with Crippen molar-refractivity contribution in [2.75, 3.05) is 29.6 Å². The topological polar surface area (TPSA) is 113 Å². The third-order valence-electron chi connectivity index (χ3n) is 4.21. The molecule has 2 fully saturated rings. The smallest absolute Gasteiger partial charge is 0.418 e. The van der Waals surface area contributed by atoms with Gasteiger partial charge in [-0.1, -0.05) is 23.9 Å². The molecule has 2 heterocycles. The number of carbonyl (C=O) groups excluding carboxylic acids is 1. The Kier molecular flexibility index (Phi) is 5.92. The maximum atomic E-state index is 13.5. The fraction of sp³-hybridized carbons (Fsp3) is 0.438. The van der Waals surface area contributed by atoms with Crippen molar-refractivity contribution in [1.29, 1.82) is 0 Å². The molecule has 8 nitrogen and oxygen atoms in total. The van der Waals surface area contributed by atoms with Crippen LogP contribution >= 0.6 is 11.8 Å². The zero-order valence-corrected chi connectivity index (χ0v) is 16.3. The number of sulfone groups is 1. The van der Waals surface area contributed by atoms with E-state index in [0.29, 0.717) is 0 Å². The molecule has 1 aromatic rings. The summed E-state index contributed by atoms with van der Waals surface area (Å²) in [4.78, 5) is 27.3. The molecule has 158 valence electrons. The van der Waals surface area contributed by atoms with E-state index in [0.717, 1.165) is 22.7 Å². The minimum Gasteiger partial charge on any atom is -0.480 e. The van der Waals surface area contributed by atoms with Gasteiger partial charge < -0.3 is 14.7 Å². The predicted molar refractivity (Wildman–Crippen MR) is 98.6 cm³/mol. The Hall–Kier alpha value is -2.12. The van der Waals surface area contributed by atoms with Crippen LogP contribution in [0.5, 0.6) is 0 Å². The van der Waals surface area contributed by atoms with E-state index < -0.39 is 58.0 Å². The van der Waals surface area contributed by atoms with Gasteiger partial charge >= 0.3 is 12.1 Å². The average molecular weight is 452 g/mol. The number of para-hydroxylation sites is 1. The normalized spacial score (nSPS) is 24.7. The molecule has 1 amide bonds. The summed E-state index contributed by atoms with van der Waals surface area (Å²) >= 11 is 0.911. The second-order valence-electron chi connectivity index (χ2n) is 6.36. The number of carboxylic acid groups (broad SMARTS) is 1. The summed E-state index contributed by atoms with van der Waals surface area (Å²) in [5, 5.41) is 7.87. The molecule has 2 aliphatic heterocycles. The highest BCUT2D eigenvalue weighted by atomic mass is 32.2. The van der Waals surface area contributed by atoms with Crippen LogP contribution in [0.2, 0.25) is 0 Å². The Morgan fingerprint density at radius 2 is 1.93 bits per heavy atom. The Balaban J connectivity index is 1.97. The van der Waals surface area contributed by atoms with Crippen LogP contribution in [0.15, 0.2) is 29.3 Å². The van der Waals surface area contributed by atoms with E-state index in [1.807, 2.05) is 0 Å². The largest absolute Gasteiger partial charge is 0.480 e. The number of aliphatic carboxylic acids is 1. The lowest BCUT2D eigenvalue weighted by Gasteiger charge is -2.27. The van der Waals surface area contributed by atoms with Crippen LogP contribution in [-0.2, 0) is 30.3 Å². The third kappa shape index (κ3) is 4.90. The molecular formula is C16H15F3N2O6S2. The number of amidine groups is 1. The molecule has 0 radical (unpaired) electrons. The summed E-state index contributed by atoms with van der Waals surface area (Å²) in [6.45, 7) is -1.40. The number of amides is 1. The van der Waals surface area contributed by atoms with Gasteiger partial charge in [-0.25, -0.2) is 13.2 Å². The summed E-state index contributed by atoms with van der Waals surface area (Å²) in [6, 6.07) is 3.84. The Morgan fingerprint density at radius 1 is 1.24 bits per heavy atom. The summed E-state index contributed by atoms with van der Waals surface area (Å²) in [5.74, 6) is -2.78. The molecular weight excluding hydrogens is 437 g/mol. The third-order valence-corrected chi connectivity index (χ3v) is 7.42. The van der Waals surface area contributed by atoms with Crippen molar-refractivity contribution in [3.63, 3.8) is 0 Å². The molecule has 2 aliphatic rings. The molecule has 2 saturated heterocycles. The number of ether oxygens (including phenoxy) is 1. The molecule has 13 heteroatoms. The molecule has 2 atom stereocenters. The second-order valence-corrected chi connectivity index (χ2v) is 9.72. The highest BCUT2D eigenvalue weighted by Crippen LogP contribution is 2.45. The number of carbonyl (C=O) groups is 2. The van der Waals surface area contributed by atoms with E-state index in [1.165, 1.54) is 18.2 Å². The molecule has 0 bridgehead atoms. The SMILES string of the molecule is O=C(O)COCC(=O)N=C1S[C@H]2CS(=O)(=O)C[C@@H]2N1c1ccccc1C(F)(F)F. The van der Waals surface area contributed by atoms with Crippen LogP contribution in [0.4, 0.5) is 18.9 Å². The van der Waals surface area contributed by atoms with Gasteiger partial charge in [-0.15, -0.1) is 0 Å². The van der Waals surface area contributed by atoms with E-state index in [-0.39, 0.29) is 22.4 Å². The number of fused-ring (bicyclic) bond motifs is 1. The molecule has 0 unspecified atom stereocenters. The minimum atomic E-state index is -4.70. The quantitative estimate of drug-likeness (QED) is 0.714. The summed E-state index contributed by atoms with van der Waals surface area (Å²) in [7, 11) is -3.44. The zero-order valence-electron chi connectivity index (χ0n) is 14.6. The molecule has 1 N–H and O–H groups in total. The van der Waals surface area contributed by atoms with Crippen molar-refractivity contribution >= 4 is 44.3 Å². The Bertz CT molecular complexity index is 964.